The van der Waals surface area contributed by atoms with Gasteiger partial charge in [-0.15, -0.1) is 0 Å². The summed E-state index contributed by atoms with van der Waals surface area (Å²) in [7, 11) is -2.44. The van der Waals surface area contributed by atoms with Crippen molar-refractivity contribution in [3.63, 3.8) is 0 Å². The summed E-state index contributed by atoms with van der Waals surface area (Å²) in [5.74, 6) is -0.969. The Morgan fingerprint density at radius 1 is 1.11 bits per heavy atom. The fourth-order valence-corrected chi connectivity index (χ4v) is 3.94. The minimum Gasteiger partial charge on any atom is -0.494 e. The van der Waals surface area contributed by atoms with Crippen molar-refractivity contribution in [1.82, 2.24) is 4.31 Å². The molecular weight excluding hydrogens is 373 g/mol. The lowest BCUT2D eigenvalue weighted by molar-refractivity contribution is 0.0526. The second-order valence-corrected chi connectivity index (χ2v) is 7.58. The number of benzene rings is 2. The molecule has 0 atom stereocenters. The zero-order chi connectivity index (χ0) is 20.0. The number of carbonyl (C=O) groups is 1. The van der Waals surface area contributed by atoms with E-state index in [0.717, 1.165) is 0 Å². The van der Waals surface area contributed by atoms with Gasteiger partial charge < -0.3 is 9.47 Å². The SMILES string of the molecule is CCOC(=O)c1ccc(S(=O)(=O)N(CC)Cc2ccc(OC)c(F)c2)cc1. The molecule has 0 unspecified atom stereocenters. The maximum absolute atomic E-state index is 13.9. The van der Waals surface area contributed by atoms with Gasteiger partial charge in [0.1, 0.15) is 0 Å². The molecule has 8 heteroatoms. The molecule has 0 aliphatic heterocycles. The summed E-state index contributed by atoms with van der Waals surface area (Å²) in [6.45, 7) is 3.85. The van der Waals surface area contributed by atoms with Crippen LogP contribution in [0.1, 0.15) is 29.8 Å². The first-order valence-corrected chi connectivity index (χ1v) is 9.87. The standard InChI is InChI=1S/C19H22FNO5S/c1-4-21(13-14-6-11-18(25-3)17(20)12-14)27(23,24)16-9-7-15(8-10-16)19(22)26-5-2/h6-12H,4-5,13H2,1-3H3. The third-order valence-corrected chi connectivity index (χ3v) is 5.87. The number of ether oxygens (including phenoxy) is 2. The van der Waals surface area contributed by atoms with Crippen molar-refractivity contribution in [3.05, 3.63) is 59.4 Å². The molecule has 0 aromatic heterocycles. The first-order valence-electron chi connectivity index (χ1n) is 8.43. The summed E-state index contributed by atoms with van der Waals surface area (Å²) < 4.78 is 50.6. The molecule has 0 bridgehead atoms. The normalized spacial score (nSPS) is 11.4. The molecule has 0 aliphatic carbocycles. The summed E-state index contributed by atoms with van der Waals surface area (Å²) in [6, 6.07) is 9.86. The van der Waals surface area contributed by atoms with Crippen molar-refractivity contribution in [2.24, 2.45) is 0 Å². The summed E-state index contributed by atoms with van der Waals surface area (Å²) in [6.07, 6.45) is 0. The van der Waals surface area contributed by atoms with Crippen LogP contribution in [0.15, 0.2) is 47.4 Å². The van der Waals surface area contributed by atoms with Gasteiger partial charge in [-0.1, -0.05) is 13.0 Å². The van der Waals surface area contributed by atoms with Gasteiger partial charge >= 0.3 is 5.97 Å². The van der Waals surface area contributed by atoms with Gasteiger partial charge in [0, 0.05) is 13.1 Å². The first kappa shape index (κ1) is 20.9. The highest BCUT2D eigenvalue weighted by atomic mass is 32.2. The number of hydrogen-bond acceptors (Lipinski definition) is 5. The van der Waals surface area contributed by atoms with E-state index in [-0.39, 0.29) is 35.9 Å². The van der Waals surface area contributed by atoms with Gasteiger partial charge in [0.15, 0.2) is 11.6 Å². The maximum Gasteiger partial charge on any atom is 0.338 e. The molecule has 0 aliphatic rings. The zero-order valence-corrected chi connectivity index (χ0v) is 16.3. The minimum absolute atomic E-state index is 0.0133. The van der Waals surface area contributed by atoms with Gasteiger partial charge in [-0.2, -0.15) is 4.31 Å². The second kappa shape index (κ2) is 8.96. The molecule has 27 heavy (non-hydrogen) atoms. The van der Waals surface area contributed by atoms with Gasteiger partial charge in [0.05, 0.1) is 24.2 Å². The van der Waals surface area contributed by atoms with E-state index >= 15 is 0 Å². The van der Waals surface area contributed by atoms with Crippen LogP contribution in [0, 0.1) is 5.82 Å². The van der Waals surface area contributed by atoms with Crippen LogP contribution >= 0.6 is 0 Å². The van der Waals surface area contributed by atoms with Gasteiger partial charge in [-0.3, -0.25) is 0 Å². The van der Waals surface area contributed by atoms with Crippen molar-refractivity contribution in [3.8, 4) is 5.75 Å². The quantitative estimate of drug-likeness (QED) is 0.642. The number of carbonyl (C=O) groups excluding carboxylic acids is 1. The highest BCUT2D eigenvalue weighted by molar-refractivity contribution is 7.89. The van der Waals surface area contributed by atoms with Crippen LogP contribution in [0.5, 0.6) is 5.75 Å². The Bertz CT molecular complexity index is 897. The highest BCUT2D eigenvalue weighted by Crippen LogP contribution is 2.22. The maximum atomic E-state index is 13.9. The smallest absolute Gasteiger partial charge is 0.338 e. The topological polar surface area (TPSA) is 72.9 Å². The molecular formula is C19H22FNO5S. The molecule has 0 fully saturated rings. The summed E-state index contributed by atoms with van der Waals surface area (Å²) in [4.78, 5) is 11.7. The van der Waals surface area contributed by atoms with Crippen LogP contribution in [0.2, 0.25) is 0 Å². The highest BCUT2D eigenvalue weighted by Gasteiger charge is 2.24. The summed E-state index contributed by atoms with van der Waals surface area (Å²) >= 11 is 0. The molecule has 2 aromatic carbocycles. The second-order valence-electron chi connectivity index (χ2n) is 5.64. The first-order chi connectivity index (χ1) is 12.8. The van der Waals surface area contributed by atoms with Crippen molar-refractivity contribution < 1.29 is 27.1 Å². The molecule has 0 heterocycles. The largest absolute Gasteiger partial charge is 0.494 e. The Labute approximate surface area is 158 Å². The minimum atomic E-state index is -3.81. The molecule has 146 valence electrons. The van der Waals surface area contributed by atoms with E-state index in [1.165, 1.54) is 47.8 Å². The van der Waals surface area contributed by atoms with E-state index in [4.69, 9.17) is 9.47 Å². The fraction of sp³-hybridized carbons (Fsp3) is 0.316. The number of sulfonamides is 1. The molecule has 0 N–H and O–H groups in total. The lowest BCUT2D eigenvalue weighted by Gasteiger charge is -2.21. The average molecular weight is 395 g/mol. The molecule has 0 radical (unpaired) electrons. The molecule has 0 saturated carbocycles. The van der Waals surface area contributed by atoms with Crippen LogP contribution in [0.25, 0.3) is 0 Å². The Morgan fingerprint density at radius 3 is 2.30 bits per heavy atom. The molecule has 2 aromatic rings. The van der Waals surface area contributed by atoms with E-state index in [9.17, 15) is 17.6 Å². The van der Waals surface area contributed by atoms with E-state index < -0.39 is 21.8 Å². The zero-order valence-electron chi connectivity index (χ0n) is 15.4. The molecule has 0 spiro atoms. The number of nitrogens with zero attached hydrogens (tertiary/aromatic N) is 1. The Hall–Kier alpha value is -2.45. The van der Waals surface area contributed by atoms with E-state index in [1.807, 2.05) is 0 Å². The summed E-state index contributed by atoms with van der Waals surface area (Å²) in [5, 5.41) is 0. The molecule has 0 amide bonds. The molecule has 6 nitrogen and oxygen atoms in total. The van der Waals surface area contributed by atoms with Crippen LogP contribution in [0.4, 0.5) is 4.39 Å². The lowest BCUT2D eigenvalue weighted by Crippen LogP contribution is -2.30. The van der Waals surface area contributed by atoms with Crippen LogP contribution < -0.4 is 4.74 Å². The van der Waals surface area contributed by atoms with Crippen LogP contribution in [-0.2, 0) is 21.3 Å². The van der Waals surface area contributed by atoms with Gasteiger partial charge in [0.25, 0.3) is 0 Å². The molecule has 2 rings (SSSR count). The predicted octanol–water partition coefficient (Wildman–Crippen LogP) is 3.22. The summed E-state index contributed by atoms with van der Waals surface area (Å²) in [5.41, 5.74) is 0.776. The van der Waals surface area contributed by atoms with Crippen molar-refractivity contribution in [1.29, 1.82) is 0 Å². The Morgan fingerprint density at radius 2 is 1.78 bits per heavy atom. The van der Waals surface area contributed by atoms with Gasteiger partial charge in [-0.05, 0) is 48.9 Å². The molecule has 0 saturated heterocycles. The third kappa shape index (κ3) is 4.84. The van der Waals surface area contributed by atoms with Gasteiger partial charge in [0.2, 0.25) is 10.0 Å². The van der Waals surface area contributed by atoms with Crippen LogP contribution in [-0.4, -0.2) is 39.0 Å². The van der Waals surface area contributed by atoms with Crippen molar-refractivity contribution in [2.45, 2.75) is 25.3 Å². The van der Waals surface area contributed by atoms with E-state index in [1.54, 1.807) is 19.9 Å². The number of methoxy groups -OCH3 is 1. The fourth-order valence-electron chi connectivity index (χ4n) is 2.51. The monoisotopic (exact) mass is 395 g/mol. The number of halogens is 1. The number of rotatable bonds is 8. The van der Waals surface area contributed by atoms with E-state index in [0.29, 0.717) is 5.56 Å². The lowest BCUT2D eigenvalue weighted by atomic mass is 10.2. The average Bonchev–Trinajstić information content (AvgIpc) is 2.66. The van der Waals surface area contributed by atoms with Crippen molar-refractivity contribution >= 4 is 16.0 Å². The third-order valence-electron chi connectivity index (χ3n) is 3.93. The van der Waals surface area contributed by atoms with Crippen molar-refractivity contribution in [2.75, 3.05) is 20.3 Å². The number of hydrogen-bond donors (Lipinski definition) is 0. The Kier molecular flexibility index (Phi) is 6.92. The van der Waals surface area contributed by atoms with E-state index in [2.05, 4.69) is 0 Å². The Balaban J connectivity index is 2.24. The van der Waals surface area contributed by atoms with Crippen LogP contribution in [0.3, 0.4) is 0 Å². The number of esters is 1. The predicted molar refractivity (Wildman–Crippen MR) is 98.6 cm³/mol. The van der Waals surface area contributed by atoms with Gasteiger partial charge in [-0.25, -0.2) is 17.6 Å².